The van der Waals surface area contributed by atoms with E-state index in [1.807, 2.05) is 6.07 Å². The largest absolute Gasteiger partial charge is 0.507 e. The highest BCUT2D eigenvalue weighted by molar-refractivity contribution is 5.61. The lowest BCUT2D eigenvalue weighted by molar-refractivity contribution is 0.448. The molecular formula is C10H11NO2. The first-order chi connectivity index (χ1) is 6.00. The molecule has 0 saturated carbocycles. The third-order valence-corrected chi connectivity index (χ3v) is 2.35. The van der Waals surface area contributed by atoms with Crippen LogP contribution in [0.3, 0.4) is 0 Å². The summed E-state index contributed by atoms with van der Waals surface area (Å²) in [6, 6.07) is 1.86. The summed E-state index contributed by atoms with van der Waals surface area (Å²) in [7, 11) is 0. The van der Waals surface area contributed by atoms with Gasteiger partial charge >= 0.3 is 0 Å². The van der Waals surface area contributed by atoms with Crippen molar-refractivity contribution >= 4 is 0 Å². The zero-order chi connectivity index (χ0) is 10.2. The summed E-state index contributed by atoms with van der Waals surface area (Å²) in [5.74, 6) is 0.0575. The highest BCUT2D eigenvalue weighted by Crippen LogP contribution is 2.35. The Morgan fingerprint density at radius 2 is 1.38 bits per heavy atom. The first-order valence-electron chi connectivity index (χ1n) is 3.92. The molecule has 68 valence electrons. The minimum Gasteiger partial charge on any atom is -0.507 e. The molecular weight excluding hydrogens is 166 g/mol. The quantitative estimate of drug-likeness (QED) is 0.595. The number of phenols is 2. The van der Waals surface area contributed by atoms with Crippen molar-refractivity contribution in [3.05, 3.63) is 22.3 Å². The Bertz CT molecular complexity index is 373. The fourth-order valence-electron chi connectivity index (χ4n) is 1.26. The Kier molecular flexibility index (Phi) is 2.16. The minimum atomic E-state index is -0.0321. The van der Waals surface area contributed by atoms with E-state index in [1.165, 1.54) is 0 Å². The lowest BCUT2D eigenvalue weighted by Gasteiger charge is -2.10. The van der Waals surface area contributed by atoms with Crippen LogP contribution in [0, 0.1) is 32.1 Å². The van der Waals surface area contributed by atoms with Crippen molar-refractivity contribution in [1.29, 1.82) is 5.26 Å². The molecule has 1 aromatic rings. The SMILES string of the molecule is Cc1c(C)c(O)c(C#N)c(C)c1O. The van der Waals surface area contributed by atoms with Crippen LogP contribution in [-0.4, -0.2) is 10.2 Å². The molecule has 1 aromatic carbocycles. The number of benzene rings is 1. The molecule has 0 heterocycles. The summed E-state index contributed by atoms with van der Waals surface area (Å²) in [6.45, 7) is 4.99. The average molecular weight is 177 g/mol. The summed E-state index contributed by atoms with van der Waals surface area (Å²) in [6.07, 6.45) is 0. The van der Waals surface area contributed by atoms with Gasteiger partial charge in [-0.3, -0.25) is 0 Å². The van der Waals surface area contributed by atoms with E-state index in [2.05, 4.69) is 0 Å². The van der Waals surface area contributed by atoms with E-state index >= 15 is 0 Å². The van der Waals surface area contributed by atoms with E-state index in [-0.39, 0.29) is 17.1 Å². The molecule has 3 nitrogen and oxygen atoms in total. The Morgan fingerprint density at radius 1 is 0.923 bits per heavy atom. The minimum absolute atomic E-state index is 0.0321. The first kappa shape index (κ1) is 9.40. The Labute approximate surface area is 76.9 Å². The smallest absolute Gasteiger partial charge is 0.137 e. The fraction of sp³-hybridized carbons (Fsp3) is 0.300. The van der Waals surface area contributed by atoms with Gasteiger partial charge in [-0.25, -0.2) is 0 Å². The van der Waals surface area contributed by atoms with E-state index in [0.717, 1.165) is 0 Å². The predicted molar refractivity (Wildman–Crippen MR) is 48.7 cm³/mol. The molecule has 0 aliphatic rings. The monoisotopic (exact) mass is 177 g/mol. The maximum atomic E-state index is 9.56. The highest BCUT2D eigenvalue weighted by atomic mass is 16.3. The van der Waals surface area contributed by atoms with Gasteiger partial charge in [-0.2, -0.15) is 5.26 Å². The van der Waals surface area contributed by atoms with Gasteiger partial charge in [0, 0.05) is 5.56 Å². The Morgan fingerprint density at radius 3 is 1.85 bits per heavy atom. The standard InChI is InChI=1S/C10H11NO2/c1-5-6(2)10(13)8(4-11)7(3)9(5)12/h12-13H,1-3H3. The van der Waals surface area contributed by atoms with Gasteiger partial charge in [-0.05, 0) is 31.9 Å². The van der Waals surface area contributed by atoms with Gasteiger partial charge < -0.3 is 10.2 Å². The molecule has 13 heavy (non-hydrogen) atoms. The molecule has 3 heteroatoms. The molecule has 0 spiro atoms. The third-order valence-electron chi connectivity index (χ3n) is 2.35. The summed E-state index contributed by atoms with van der Waals surface area (Å²) in [5, 5.41) is 27.8. The van der Waals surface area contributed by atoms with E-state index in [4.69, 9.17) is 5.26 Å². The van der Waals surface area contributed by atoms with E-state index in [9.17, 15) is 10.2 Å². The van der Waals surface area contributed by atoms with E-state index in [0.29, 0.717) is 16.7 Å². The predicted octanol–water partition coefficient (Wildman–Crippen LogP) is 1.89. The summed E-state index contributed by atoms with van der Waals surface area (Å²) in [4.78, 5) is 0. The van der Waals surface area contributed by atoms with Crippen molar-refractivity contribution in [3.63, 3.8) is 0 Å². The lowest BCUT2D eigenvalue weighted by atomic mass is 9.98. The highest BCUT2D eigenvalue weighted by Gasteiger charge is 2.15. The molecule has 0 unspecified atom stereocenters. The molecule has 0 amide bonds. The Hall–Kier alpha value is -1.69. The van der Waals surface area contributed by atoms with Crippen molar-refractivity contribution in [2.75, 3.05) is 0 Å². The number of hydrogen-bond donors (Lipinski definition) is 2. The molecule has 0 aliphatic carbocycles. The van der Waals surface area contributed by atoms with Crippen LogP contribution in [0.2, 0.25) is 0 Å². The molecule has 0 radical (unpaired) electrons. The number of hydrogen-bond acceptors (Lipinski definition) is 3. The second-order valence-corrected chi connectivity index (χ2v) is 3.06. The molecule has 0 atom stereocenters. The summed E-state index contributed by atoms with van der Waals surface area (Å²) in [5.41, 5.74) is 1.76. The summed E-state index contributed by atoms with van der Waals surface area (Å²) >= 11 is 0. The zero-order valence-corrected chi connectivity index (χ0v) is 7.84. The molecule has 0 fully saturated rings. The van der Waals surface area contributed by atoms with Crippen LogP contribution in [0.5, 0.6) is 11.5 Å². The van der Waals surface area contributed by atoms with Crippen LogP contribution in [0.15, 0.2) is 0 Å². The van der Waals surface area contributed by atoms with E-state index < -0.39 is 0 Å². The van der Waals surface area contributed by atoms with Crippen molar-refractivity contribution in [1.82, 2.24) is 0 Å². The number of nitrogens with zero attached hydrogens (tertiary/aromatic N) is 1. The molecule has 1 rings (SSSR count). The zero-order valence-electron chi connectivity index (χ0n) is 7.84. The molecule has 2 N–H and O–H groups in total. The fourth-order valence-corrected chi connectivity index (χ4v) is 1.26. The van der Waals surface area contributed by atoms with Gasteiger partial charge in [0.05, 0.1) is 0 Å². The Balaban J connectivity index is 3.69. The van der Waals surface area contributed by atoms with Crippen molar-refractivity contribution in [2.24, 2.45) is 0 Å². The lowest BCUT2D eigenvalue weighted by Crippen LogP contribution is -1.92. The molecule has 0 aliphatic heterocycles. The number of rotatable bonds is 0. The van der Waals surface area contributed by atoms with Crippen LogP contribution in [0.4, 0.5) is 0 Å². The van der Waals surface area contributed by atoms with Crippen molar-refractivity contribution < 1.29 is 10.2 Å². The van der Waals surface area contributed by atoms with Crippen molar-refractivity contribution in [2.45, 2.75) is 20.8 Å². The topological polar surface area (TPSA) is 64.2 Å². The van der Waals surface area contributed by atoms with Gasteiger partial charge in [-0.15, -0.1) is 0 Å². The van der Waals surface area contributed by atoms with Gasteiger partial charge in [0.25, 0.3) is 0 Å². The van der Waals surface area contributed by atoms with Crippen LogP contribution >= 0.6 is 0 Å². The van der Waals surface area contributed by atoms with Crippen LogP contribution in [-0.2, 0) is 0 Å². The second kappa shape index (κ2) is 2.98. The maximum absolute atomic E-state index is 9.56. The van der Waals surface area contributed by atoms with Crippen molar-refractivity contribution in [3.8, 4) is 17.6 Å². The van der Waals surface area contributed by atoms with Crippen LogP contribution in [0.1, 0.15) is 22.3 Å². The number of phenolic OH excluding ortho intramolecular Hbond substituents is 2. The maximum Gasteiger partial charge on any atom is 0.137 e. The normalized spacial score (nSPS) is 9.69. The van der Waals surface area contributed by atoms with E-state index in [1.54, 1.807) is 20.8 Å². The third kappa shape index (κ3) is 1.20. The van der Waals surface area contributed by atoms with Gasteiger partial charge in [0.2, 0.25) is 0 Å². The second-order valence-electron chi connectivity index (χ2n) is 3.06. The van der Waals surface area contributed by atoms with Gasteiger partial charge in [-0.1, -0.05) is 0 Å². The first-order valence-corrected chi connectivity index (χ1v) is 3.92. The van der Waals surface area contributed by atoms with Crippen LogP contribution in [0.25, 0.3) is 0 Å². The molecule has 0 bridgehead atoms. The molecule has 0 saturated heterocycles. The number of nitriles is 1. The molecule has 0 aromatic heterocycles. The number of aromatic hydroxyl groups is 2. The van der Waals surface area contributed by atoms with Gasteiger partial charge in [0.1, 0.15) is 23.1 Å². The average Bonchev–Trinajstić information content (AvgIpc) is 2.13. The van der Waals surface area contributed by atoms with Crippen LogP contribution < -0.4 is 0 Å². The summed E-state index contributed by atoms with van der Waals surface area (Å²) < 4.78 is 0. The van der Waals surface area contributed by atoms with Gasteiger partial charge in [0.15, 0.2) is 0 Å².